The zero-order chi connectivity index (χ0) is 16.1. The van der Waals surface area contributed by atoms with Gasteiger partial charge in [0, 0.05) is 30.0 Å². The topological polar surface area (TPSA) is 54.7 Å². The first-order valence-electron chi connectivity index (χ1n) is 7.66. The van der Waals surface area contributed by atoms with Gasteiger partial charge < -0.3 is 19.4 Å². The molecule has 1 N–H and O–H groups in total. The van der Waals surface area contributed by atoms with Gasteiger partial charge in [-0.25, -0.2) is 4.79 Å². The molecule has 23 heavy (non-hydrogen) atoms. The van der Waals surface area contributed by atoms with Gasteiger partial charge in [-0.15, -0.1) is 0 Å². The van der Waals surface area contributed by atoms with E-state index in [1.807, 2.05) is 29.2 Å². The number of ether oxygens (including phenoxy) is 1. The first-order valence-corrected chi connectivity index (χ1v) is 8.03. The van der Waals surface area contributed by atoms with Gasteiger partial charge in [-0.1, -0.05) is 17.7 Å². The molecule has 122 valence electrons. The Morgan fingerprint density at radius 2 is 2.09 bits per heavy atom. The van der Waals surface area contributed by atoms with Crippen LogP contribution in [-0.4, -0.2) is 30.2 Å². The van der Waals surface area contributed by atoms with Crippen LogP contribution >= 0.6 is 11.6 Å². The van der Waals surface area contributed by atoms with Crippen LogP contribution in [0.15, 0.2) is 47.1 Å². The van der Waals surface area contributed by atoms with Gasteiger partial charge in [0.05, 0.1) is 12.8 Å². The number of rotatable bonds is 4. The predicted molar refractivity (Wildman–Crippen MR) is 88.6 cm³/mol. The van der Waals surface area contributed by atoms with Gasteiger partial charge in [0.2, 0.25) is 0 Å². The Kier molecular flexibility index (Phi) is 5.20. The molecule has 1 saturated heterocycles. The second kappa shape index (κ2) is 7.53. The standard InChI is InChI=1S/C17H19ClN2O3/c18-13-3-1-4-14(11-13)19-17(21)20(12-16-5-2-8-23-16)15-6-9-22-10-7-15/h1-5,8,11,15H,6-7,9-10,12H2,(H,19,21). The minimum Gasteiger partial charge on any atom is -0.467 e. The molecule has 5 nitrogen and oxygen atoms in total. The van der Waals surface area contributed by atoms with E-state index in [0.717, 1.165) is 18.6 Å². The van der Waals surface area contributed by atoms with Crippen LogP contribution in [0, 0.1) is 0 Å². The van der Waals surface area contributed by atoms with Crippen LogP contribution in [0.25, 0.3) is 0 Å². The van der Waals surface area contributed by atoms with Crippen molar-refractivity contribution in [2.45, 2.75) is 25.4 Å². The first kappa shape index (κ1) is 15.9. The summed E-state index contributed by atoms with van der Waals surface area (Å²) in [5, 5.41) is 3.50. The maximum absolute atomic E-state index is 12.7. The maximum Gasteiger partial charge on any atom is 0.322 e. The van der Waals surface area contributed by atoms with E-state index in [1.54, 1.807) is 18.4 Å². The third-order valence-electron chi connectivity index (χ3n) is 3.87. The zero-order valence-electron chi connectivity index (χ0n) is 12.7. The molecule has 0 atom stereocenters. The normalized spacial score (nSPS) is 15.3. The van der Waals surface area contributed by atoms with Crippen LogP contribution in [0.2, 0.25) is 5.02 Å². The SMILES string of the molecule is O=C(Nc1cccc(Cl)c1)N(Cc1ccco1)C1CCOCC1. The number of hydrogen-bond acceptors (Lipinski definition) is 3. The highest BCUT2D eigenvalue weighted by atomic mass is 35.5. The highest BCUT2D eigenvalue weighted by Crippen LogP contribution is 2.21. The molecule has 3 rings (SSSR count). The Labute approximate surface area is 140 Å². The number of urea groups is 1. The van der Waals surface area contributed by atoms with E-state index in [0.29, 0.717) is 30.5 Å². The molecule has 0 saturated carbocycles. The van der Waals surface area contributed by atoms with Crippen molar-refractivity contribution in [2.75, 3.05) is 18.5 Å². The summed E-state index contributed by atoms with van der Waals surface area (Å²) in [4.78, 5) is 14.5. The summed E-state index contributed by atoms with van der Waals surface area (Å²) in [6.07, 6.45) is 3.26. The smallest absolute Gasteiger partial charge is 0.322 e. The number of halogens is 1. The zero-order valence-corrected chi connectivity index (χ0v) is 13.5. The highest BCUT2D eigenvalue weighted by molar-refractivity contribution is 6.30. The predicted octanol–water partition coefficient (Wildman–Crippen LogP) is 4.15. The number of nitrogens with zero attached hydrogens (tertiary/aromatic N) is 1. The molecule has 0 radical (unpaired) electrons. The molecule has 1 aromatic heterocycles. The molecule has 2 heterocycles. The number of hydrogen-bond donors (Lipinski definition) is 1. The van der Waals surface area contributed by atoms with E-state index >= 15 is 0 Å². The van der Waals surface area contributed by atoms with Gasteiger partial charge >= 0.3 is 6.03 Å². The Bertz CT molecular complexity index is 639. The molecule has 1 fully saturated rings. The lowest BCUT2D eigenvalue weighted by Crippen LogP contribution is -2.45. The number of benzene rings is 1. The molecular formula is C17H19ClN2O3. The lowest BCUT2D eigenvalue weighted by molar-refractivity contribution is 0.0443. The second-order valence-electron chi connectivity index (χ2n) is 5.49. The third-order valence-corrected chi connectivity index (χ3v) is 4.11. The Balaban J connectivity index is 1.74. The summed E-state index contributed by atoms with van der Waals surface area (Å²) in [6.45, 7) is 1.78. The van der Waals surface area contributed by atoms with Crippen LogP contribution in [-0.2, 0) is 11.3 Å². The molecule has 2 aromatic rings. The largest absolute Gasteiger partial charge is 0.467 e. The lowest BCUT2D eigenvalue weighted by Gasteiger charge is -2.33. The summed E-state index contributed by atoms with van der Waals surface area (Å²) < 4.78 is 10.8. The van der Waals surface area contributed by atoms with Gasteiger partial charge in [0.25, 0.3) is 0 Å². The molecule has 0 aliphatic carbocycles. The monoisotopic (exact) mass is 334 g/mol. The molecular weight excluding hydrogens is 316 g/mol. The quantitative estimate of drug-likeness (QED) is 0.914. The second-order valence-corrected chi connectivity index (χ2v) is 5.93. The van der Waals surface area contributed by atoms with E-state index in [4.69, 9.17) is 20.8 Å². The summed E-state index contributed by atoms with van der Waals surface area (Å²) >= 11 is 5.98. The van der Waals surface area contributed by atoms with E-state index in [1.165, 1.54) is 0 Å². The number of amides is 2. The van der Waals surface area contributed by atoms with E-state index in [2.05, 4.69) is 5.32 Å². The Hall–Kier alpha value is -1.98. The van der Waals surface area contributed by atoms with Crippen LogP contribution in [0.1, 0.15) is 18.6 Å². The summed E-state index contributed by atoms with van der Waals surface area (Å²) in [5.41, 5.74) is 0.680. The summed E-state index contributed by atoms with van der Waals surface area (Å²) in [7, 11) is 0. The minimum atomic E-state index is -0.157. The van der Waals surface area contributed by atoms with Gasteiger partial charge in [-0.3, -0.25) is 0 Å². The van der Waals surface area contributed by atoms with Crippen molar-refractivity contribution in [3.05, 3.63) is 53.4 Å². The van der Waals surface area contributed by atoms with Gasteiger partial charge in [0.15, 0.2) is 0 Å². The average Bonchev–Trinajstić information content (AvgIpc) is 3.06. The van der Waals surface area contributed by atoms with Crippen molar-refractivity contribution in [3.8, 4) is 0 Å². The number of nitrogens with one attached hydrogen (secondary N) is 1. The number of carbonyl (C=O) groups is 1. The van der Waals surface area contributed by atoms with Crippen molar-refractivity contribution in [1.29, 1.82) is 0 Å². The molecule has 1 aliphatic rings. The van der Waals surface area contributed by atoms with Crippen LogP contribution in [0.3, 0.4) is 0 Å². The molecule has 0 spiro atoms. The van der Waals surface area contributed by atoms with E-state index < -0.39 is 0 Å². The minimum absolute atomic E-state index is 0.132. The van der Waals surface area contributed by atoms with Crippen molar-refractivity contribution in [1.82, 2.24) is 4.90 Å². The van der Waals surface area contributed by atoms with Crippen LogP contribution < -0.4 is 5.32 Å². The van der Waals surface area contributed by atoms with Crippen LogP contribution in [0.4, 0.5) is 10.5 Å². The van der Waals surface area contributed by atoms with Crippen molar-refractivity contribution in [2.24, 2.45) is 0 Å². The summed E-state index contributed by atoms with van der Waals surface area (Å²) in [6, 6.07) is 10.8. The maximum atomic E-state index is 12.7. The van der Waals surface area contributed by atoms with Gasteiger partial charge in [-0.05, 0) is 43.2 Å². The molecule has 2 amide bonds. The fourth-order valence-corrected chi connectivity index (χ4v) is 2.89. The molecule has 6 heteroatoms. The Morgan fingerprint density at radius 1 is 1.26 bits per heavy atom. The highest BCUT2D eigenvalue weighted by Gasteiger charge is 2.26. The third kappa shape index (κ3) is 4.27. The Morgan fingerprint density at radius 3 is 2.78 bits per heavy atom. The number of furan rings is 1. The lowest BCUT2D eigenvalue weighted by atomic mass is 10.1. The van der Waals surface area contributed by atoms with E-state index in [-0.39, 0.29) is 12.1 Å². The first-order chi connectivity index (χ1) is 11.2. The van der Waals surface area contributed by atoms with E-state index in [9.17, 15) is 4.79 Å². The van der Waals surface area contributed by atoms with Crippen LogP contribution in [0.5, 0.6) is 0 Å². The summed E-state index contributed by atoms with van der Waals surface area (Å²) in [5.74, 6) is 0.762. The van der Waals surface area contributed by atoms with Gasteiger partial charge in [-0.2, -0.15) is 0 Å². The van der Waals surface area contributed by atoms with Crippen molar-refractivity contribution < 1.29 is 13.9 Å². The number of anilines is 1. The molecule has 0 unspecified atom stereocenters. The fraction of sp³-hybridized carbons (Fsp3) is 0.353. The van der Waals surface area contributed by atoms with Crippen molar-refractivity contribution >= 4 is 23.3 Å². The number of carbonyl (C=O) groups excluding carboxylic acids is 1. The molecule has 1 aliphatic heterocycles. The van der Waals surface area contributed by atoms with Crippen molar-refractivity contribution in [3.63, 3.8) is 0 Å². The van der Waals surface area contributed by atoms with Gasteiger partial charge in [0.1, 0.15) is 5.76 Å². The molecule has 0 bridgehead atoms. The fourth-order valence-electron chi connectivity index (χ4n) is 2.70. The average molecular weight is 335 g/mol. The molecule has 1 aromatic carbocycles.